The van der Waals surface area contributed by atoms with Gasteiger partial charge in [0.05, 0.1) is 6.10 Å². The van der Waals surface area contributed by atoms with E-state index in [9.17, 15) is 5.11 Å². The number of aliphatic hydroxyl groups excluding tert-OH is 1. The van der Waals surface area contributed by atoms with Crippen LogP contribution in [-0.2, 0) is 6.54 Å². The molecule has 3 heteroatoms. The lowest BCUT2D eigenvalue weighted by molar-refractivity contribution is 0.0313. The van der Waals surface area contributed by atoms with E-state index >= 15 is 0 Å². The Morgan fingerprint density at radius 3 is 2.55 bits per heavy atom. The normalized spacial score (nSPS) is 31.6. The fraction of sp³-hybridized carbons (Fsp3) is 0.647. The molecule has 110 valence electrons. The summed E-state index contributed by atoms with van der Waals surface area (Å²) in [4.78, 5) is 2.63. The summed E-state index contributed by atoms with van der Waals surface area (Å²) < 4.78 is 1.30. The van der Waals surface area contributed by atoms with Crippen molar-refractivity contribution in [2.45, 2.75) is 57.2 Å². The highest BCUT2D eigenvalue weighted by Gasteiger charge is 2.36. The smallest absolute Gasteiger partial charge is 0.0583 e. The van der Waals surface area contributed by atoms with Gasteiger partial charge in [-0.25, -0.2) is 0 Å². The van der Waals surface area contributed by atoms with Crippen molar-refractivity contribution in [3.8, 4) is 0 Å². The van der Waals surface area contributed by atoms with E-state index in [-0.39, 0.29) is 6.10 Å². The molecule has 1 saturated heterocycles. The zero-order valence-corrected chi connectivity index (χ0v) is 14.1. The minimum atomic E-state index is -0.0580. The van der Waals surface area contributed by atoms with Crippen molar-refractivity contribution < 1.29 is 5.11 Å². The highest BCUT2D eigenvalue weighted by molar-refractivity contribution is 14.1. The summed E-state index contributed by atoms with van der Waals surface area (Å²) in [5, 5.41) is 10.2. The van der Waals surface area contributed by atoms with Crippen LogP contribution in [0.4, 0.5) is 0 Å². The lowest BCUT2D eigenvalue weighted by atomic mass is 9.87. The summed E-state index contributed by atoms with van der Waals surface area (Å²) in [5.41, 5.74) is 1.41. The van der Waals surface area contributed by atoms with Crippen LogP contribution in [0.15, 0.2) is 24.3 Å². The van der Waals surface area contributed by atoms with Crippen molar-refractivity contribution in [3.63, 3.8) is 0 Å². The van der Waals surface area contributed by atoms with Crippen molar-refractivity contribution in [3.05, 3.63) is 33.4 Å². The topological polar surface area (TPSA) is 23.5 Å². The van der Waals surface area contributed by atoms with E-state index in [1.165, 1.54) is 47.8 Å². The Labute approximate surface area is 135 Å². The van der Waals surface area contributed by atoms with Gasteiger partial charge in [0.1, 0.15) is 0 Å². The predicted octanol–water partition coefficient (Wildman–Crippen LogP) is 3.81. The van der Waals surface area contributed by atoms with Crippen molar-refractivity contribution in [1.82, 2.24) is 4.90 Å². The Balaban J connectivity index is 1.70. The second-order valence-corrected chi connectivity index (χ2v) is 7.57. The molecule has 0 aromatic heterocycles. The number of likely N-dealkylation sites (tertiary alicyclic amines) is 1. The Morgan fingerprint density at radius 1 is 1.05 bits per heavy atom. The first-order valence-corrected chi connectivity index (χ1v) is 8.98. The average molecular weight is 385 g/mol. The van der Waals surface area contributed by atoms with Crippen LogP contribution in [0, 0.1) is 9.49 Å². The molecule has 0 spiro atoms. The molecule has 1 aromatic carbocycles. The van der Waals surface area contributed by atoms with Gasteiger partial charge in [-0.3, -0.25) is 4.90 Å². The molecule has 3 atom stereocenters. The fourth-order valence-corrected chi connectivity index (χ4v) is 4.30. The molecule has 0 amide bonds. The van der Waals surface area contributed by atoms with Crippen molar-refractivity contribution >= 4 is 22.6 Å². The number of hydrogen-bond donors (Lipinski definition) is 1. The summed E-state index contributed by atoms with van der Waals surface area (Å²) in [5.74, 6) is 0.513. The summed E-state index contributed by atoms with van der Waals surface area (Å²) in [6.07, 6.45) is 7.29. The molecule has 2 aliphatic rings. The molecule has 1 aromatic rings. The first kappa shape index (κ1) is 14.8. The van der Waals surface area contributed by atoms with Gasteiger partial charge >= 0.3 is 0 Å². The number of piperidine rings is 1. The maximum Gasteiger partial charge on any atom is 0.0583 e. The predicted molar refractivity (Wildman–Crippen MR) is 90.6 cm³/mol. The second-order valence-electron chi connectivity index (χ2n) is 6.32. The van der Waals surface area contributed by atoms with Crippen LogP contribution in [0.3, 0.4) is 0 Å². The average Bonchev–Trinajstić information content (AvgIpc) is 2.88. The lowest BCUT2D eigenvalue weighted by Gasteiger charge is -2.40. The van der Waals surface area contributed by atoms with Gasteiger partial charge in [-0.15, -0.1) is 0 Å². The van der Waals surface area contributed by atoms with Gasteiger partial charge in [0.25, 0.3) is 0 Å². The number of rotatable bonds is 3. The number of nitrogens with zero attached hydrogens (tertiary/aromatic N) is 1. The third-order valence-electron chi connectivity index (χ3n) is 4.99. The second kappa shape index (κ2) is 6.75. The molecule has 1 saturated carbocycles. The summed E-state index contributed by atoms with van der Waals surface area (Å²) in [6.45, 7) is 2.24. The van der Waals surface area contributed by atoms with E-state index in [1.54, 1.807) is 0 Å². The van der Waals surface area contributed by atoms with E-state index in [0.29, 0.717) is 12.0 Å². The van der Waals surface area contributed by atoms with Crippen molar-refractivity contribution in [2.75, 3.05) is 6.54 Å². The Kier molecular flexibility index (Phi) is 5.00. The molecule has 3 rings (SSSR count). The van der Waals surface area contributed by atoms with E-state index in [2.05, 4.69) is 51.8 Å². The van der Waals surface area contributed by atoms with E-state index in [0.717, 1.165) is 13.0 Å². The van der Waals surface area contributed by atoms with Gasteiger partial charge in [0.2, 0.25) is 0 Å². The van der Waals surface area contributed by atoms with E-state index in [1.807, 2.05) is 0 Å². The monoisotopic (exact) mass is 385 g/mol. The highest BCUT2D eigenvalue weighted by atomic mass is 127. The van der Waals surface area contributed by atoms with Crippen LogP contribution in [-0.4, -0.2) is 28.7 Å². The molecule has 0 radical (unpaired) electrons. The maximum atomic E-state index is 10.2. The fourth-order valence-electron chi connectivity index (χ4n) is 3.94. The summed E-state index contributed by atoms with van der Waals surface area (Å²) in [6, 6.07) is 9.48. The third kappa shape index (κ3) is 3.37. The van der Waals surface area contributed by atoms with Crippen LogP contribution in [0.1, 0.15) is 44.1 Å². The number of aliphatic hydroxyl groups is 1. The molecular weight excluding hydrogens is 361 g/mol. The van der Waals surface area contributed by atoms with Gasteiger partial charge in [-0.1, -0.05) is 25.0 Å². The van der Waals surface area contributed by atoms with Gasteiger partial charge in [0, 0.05) is 22.1 Å². The molecule has 1 N–H and O–H groups in total. The van der Waals surface area contributed by atoms with Crippen LogP contribution >= 0.6 is 22.6 Å². The lowest BCUT2D eigenvalue weighted by Crippen LogP contribution is -2.45. The number of benzene rings is 1. The first-order chi connectivity index (χ1) is 9.74. The minimum Gasteiger partial charge on any atom is -0.393 e. The highest BCUT2D eigenvalue weighted by Crippen LogP contribution is 2.35. The Bertz CT molecular complexity index is 433. The van der Waals surface area contributed by atoms with Crippen molar-refractivity contribution in [1.29, 1.82) is 0 Å². The summed E-state index contributed by atoms with van der Waals surface area (Å²) in [7, 11) is 0. The SMILES string of the molecule is OC1CCCC1C1CCCCN1Cc1ccc(I)cc1. The third-order valence-corrected chi connectivity index (χ3v) is 5.71. The standard InChI is InChI=1S/C17H24INO/c18-14-9-7-13(8-10-14)12-19-11-2-1-5-16(19)15-4-3-6-17(15)20/h7-10,15-17,20H,1-6,11-12H2. The van der Waals surface area contributed by atoms with Gasteiger partial charge in [-0.2, -0.15) is 0 Å². The summed E-state index contributed by atoms with van der Waals surface area (Å²) >= 11 is 2.36. The van der Waals surface area contributed by atoms with Gasteiger partial charge < -0.3 is 5.11 Å². The van der Waals surface area contributed by atoms with E-state index in [4.69, 9.17) is 0 Å². The number of hydrogen-bond acceptors (Lipinski definition) is 2. The quantitative estimate of drug-likeness (QED) is 0.800. The van der Waals surface area contributed by atoms with Gasteiger partial charge in [0.15, 0.2) is 0 Å². The molecular formula is C17H24INO. The van der Waals surface area contributed by atoms with Crippen LogP contribution in [0.5, 0.6) is 0 Å². The molecule has 1 aliphatic carbocycles. The zero-order chi connectivity index (χ0) is 13.9. The van der Waals surface area contributed by atoms with E-state index < -0.39 is 0 Å². The Morgan fingerprint density at radius 2 is 1.85 bits per heavy atom. The molecule has 3 unspecified atom stereocenters. The number of halogens is 1. The Hall–Kier alpha value is -0.130. The van der Waals surface area contributed by atoms with Crippen molar-refractivity contribution in [2.24, 2.45) is 5.92 Å². The van der Waals surface area contributed by atoms with Gasteiger partial charge in [-0.05, 0) is 72.5 Å². The minimum absolute atomic E-state index is 0.0580. The molecule has 20 heavy (non-hydrogen) atoms. The van der Waals surface area contributed by atoms with Crippen LogP contribution in [0.25, 0.3) is 0 Å². The maximum absolute atomic E-state index is 10.2. The zero-order valence-electron chi connectivity index (χ0n) is 12.0. The molecule has 2 nitrogen and oxygen atoms in total. The van der Waals surface area contributed by atoms with Crippen LogP contribution < -0.4 is 0 Å². The molecule has 1 heterocycles. The first-order valence-electron chi connectivity index (χ1n) is 7.90. The molecule has 2 fully saturated rings. The molecule has 1 aliphatic heterocycles. The largest absolute Gasteiger partial charge is 0.393 e. The molecule has 0 bridgehead atoms. The van der Waals surface area contributed by atoms with Crippen LogP contribution in [0.2, 0.25) is 0 Å².